The molecule has 0 radical (unpaired) electrons. The molecule has 342 valence electrons. The van der Waals surface area contributed by atoms with E-state index in [4.69, 9.17) is 14.7 Å². The van der Waals surface area contributed by atoms with Crippen molar-refractivity contribution in [1.82, 2.24) is 28.2 Å². The molecule has 3 aromatic carbocycles. The highest BCUT2D eigenvalue weighted by molar-refractivity contribution is 5.69. The molecule has 0 saturated carbocycles. The fraction of sp³-hybridized carbons (Fsp3) is 0.278. The number of aromatic hydroxyl groups is 1. The van der Waals surface area contributed by atoms with Crippen LogP contribution in [0, 0.1) is 6.92 Å². The number of phenolic OH excluding ortho intramolecular Hbond substituents is 1. The Balaban J connectivity index is 0.000000118. The molecule has 6 aromatic heterocycles. The van der Waals surface area contributed by atoms with Crippen molar-refractivity contribution in [2.45, 2.75) is 32.4 Å². The lowest BCUT2D eigenvalue weighted by atomic mass is 10.1. The minimum atomic E-state index is -0.650. The summed E-state index contributed by atoms with van der Waals surface area (Å²) in [7, 11) is 4.07. The van der Waals surface area contributed by atoms with E-state index in [1.165, 1.54) is 29.0 Å². The first kappa shape index (κ1) is 43.5. The summed E-state index contributed by atoms with van der Waals surface area (Å²) in [6.07, 6.45) is 14.2. The Bertz CT molecular complexity index is 3070. The number of hydrogen-bond donors (Lipinski definition) is 1. The number of pyridine rings is 3. The Hall–Kier alpha value is -7.38. The van der Waals surface area contributed by atoms with Crippen molar-refractivity contribution in [3.05, 3.63) is 152 Å². The van der Waals surface area contributed by atoms with E-state index in [-0.39, 0.29) is 5.75 Å². The first-order valence-electron chi connectivity index (χ1n) is 23.3. The number of piperidine rings is 1. The summed E-state index contributed by atoms with van der Waals surface area (Å²) in [4.78, 5) is 23.3. The topological polar surface area (TPSA) is 94.3 Å². The molecule has 1 N–H and O–H groups in total. The number of nitrogens with zero attached hydrogens (tertiary/aromatic N) is 10. The summed E-state index contributed by atoms with van der Waals surface area (Å²) in [5, 5.41) is 9.34. The number of rotatable bonds is 7. The number of fused-ring (bicyclic) bond motifs is 3. The van der Waals surface area contributed by atoms with Crippen LogP contribution in [0.25, 0.3) is 50.7 Å². The van der Waals surface area contributed by atoms with Crippen molar-refractivity contribution in [2.24, 2.45) is 0 Å². The maximum atomic E-state index is 13.3. The quantitative estimate of drug-likeness (QED) is 0.168. The van der Waals surface area contributed by atoms with Crippen LogP contribution < -0.4 is 19.6 Å². The van der Waals surface area contributed by atoms with Crippen molar-refractivity contribution in [2.75, 3.05) is 86.2 Å². The zero-order chi connectivity index (χ0) is 45.9. The number of imidazole rings is 3. The van der Waals surface area contributed by atoms with Gasteiger partial charge in [-0.05, 0) is 80.8 Å². The zero-order valence-corrected chi connectivity index (χ0v) is 38.4. The smallest absolute Gasteiger partial charge is 0.139 e. The Morgan fingerprint density at radius 3 is 1.36 bits per heavy atom. The van der Waals surface area contributed by atoms with Crippen LogP contribution in [-0.2, 0) is 4.74 Å². The lowest BCUT2D eigenvalue weighted by Crippen LogP contribution is -2.36. The van der Waals surface area contributed by atoms with Gasteiger partial charge in [-0.15, -0.1) is 0 Å². The number of halogens is 1. The fourth-order valence-corrected chi connectivity index (χ4v) is 8.71. The molecule has 0 bridgehead atoms. The van der Waals surface area contributed by atoms with Gasteiger partial charge in [-0.3, -0.25) is 0 Å². The minimum absolute atomic E-state index is 0.276. The molecule has 12 nitrogen and oxygen atoms in total. The van der Waals surface area contributed by atoms with Gasteiger partial charge >= 0.3 is 0 Å². The van der Waals surface area contributed by atoms with Crippen LogP contribution in [0.4, 0.5) is 27.1 Å². The van der Waals surface area contributed by atoms with E-state index in [1.807, 2.05) is 47.4 Å². The average molecular weight is 897 g/mol. The molecule has 0 amide bonds. The van der Waals surface area contributed by atoms with E-state index in [2.05, 4.69) is 146 Å². The number of aryl methyl sites for hydroxylation is 1. The summed E-state index contributed by atoms with van der Waals surface area (Å²) >= 11 is 0. The van der Waals surface area contributed by atoms with Crippen molar-refractivity contribution in [3.8, 4) is 39.5 Å². The Morgan fingerprint density at radius 2 is 0.940 bits per heavy atom. The normalized spacial score (nSPS) is 15.3. The number of morpholine rings is 1. The predicted molar refractivity (Wildman–Crippen MR) is 269 cm³/mol. The number of phenols is 1. The highest BCUT2D eigenvalue weighted by Crippen LogP contribution is 2.29. The van der Waals surface area contributed by atoms with Crippen LogP contribution in [0.5, 0.6) is 5.75 Å². The summed E-state index contributed by atoms with van der Waals surface area (Å²) in [5.41, 5.74) is 15.1. The second-order valence-corrected chi connectivity index (χ2v) is 17.8. The van der Waals surface area contributed by atoms with Crippen LogP contribution in [0.1, 0.15) is 24.8 Å². The van der Waals surface area contributed by atoms with Crippen molar-refractivity contribution < 1.29 is 14.2 Å². The average Bonchev–Trinajstić information content (AvgIpc) is 4.09. The van der Waals surface area contributed by atoms with E-state index in [1.54, 1.807) is 12.1 Å². The van der Waals surface area contributed by atoms with Crippen molar-refractivity contribution in [3.63, 3.8) is 0 Å². The van der Waals surface area contributed by atoms with Crippen LogP contribution >= 0.6 is 0 Å². The maximum absolute atomic E-state index is 13.3. The van der Waals surface area contributed by atoms with E-state index < -0.39 is 6.17 Å². The number of alkyl halides is 1. The van der Waals surface area contributed by atoms with Gasteiger partial charge in [0.25, 0.3) is 0 Å². The molecule has 13 heteroatoms. The second-order valence-electron chi connectivity index (χ2n) is 17.8. The fourth-order valence-electron chi connectivity index (χ4n) is 8.71. The standard InChI is InChI=1S/C20H23FN4.C18H19N3O.C16H15N3O/c1-23(2)17-5-3-15(4-6-17)19-14-25-12-9-18(13-20(25)22-19)24-10-7-16(21)8-11-24;1-14-2-4-15(5-3-14)17-13-21-7-6-16(12-18(21)19-17)20-8-10-22-11-9-20;20-14-4-2-12(3-5-14)15-11-19-9-6-13(10-16(19)17-15)18-7-1-8-18/h3-6,9,12-14,16H,7-8,10-11H2,1-2H3;2-7,12-13H,8-11H2,1H3;2-6,9-11,20H,1,7-8H2. The second kappa shape index (κ2) is 19.2. The monoisotopic (exact) mass is 896 g/mol. The summed E-state index contributed by atoms with van der Waals surface area (Å²) in [5.74, 6) is 0.276. The van der Waals surface area contributed by atoms with Crippen molar-refractivity contribution >= 4 is 39.7 Å². The first-order valence-corrected chi connectivity index (χ1v) is 23.3. The number of anilines is 4. The molecule has 0 unspecified atom stereocenters. The van der Waals surface area contributed by atoms with Crippen LogP contribution in [-0.4, -0.2) is 106 Å². The van der Waals surface area contributed by atoms with Gasteiger partial charge in [-0.1, -0.05) is 42.0 Å². The third-order valence-electron chi connectivity index (χ3n) is 12.9. The molecule has 12 rings (SSSR count). The van der Waals surface area contributed by atoms with E-state index >= 15 is 0 Å². The number of hydrogen-bond acceptors (Lipinski definition) is 9. The molecule has 9 heterocycles. The van der Waals surface area contributed by atoms with Crippen LogP contribution in [0.3, 0.4) is 0 Å². The molecule has 3 fully saturated rings. The number of aromatic nitrogens is 6. The predicted octanol–water partition coefficient (Wildman–Crippen LogP) is 10.1. The summed E-state index contributed by atoms with van der Waals surface area (Å²) in [6.45, 7) is 9.42. The number of ether oxygens (including phenoxy) is 1. The van der Waals surface area contributed by atoms with Gasteiger partial charge < -0.3 is 42.6 Å². The molecular weight excluding hydrogens is 840 g/mol. The van der Waals surface area contributed by atoms with Gasteiger partial charge in [-0.25, -0.2) is 19.3 Å². The Kier molecular flexibility index (Phi) is 12.5. The Labute approximate surface area is 390 Å². The van der Waals surface area contributed by atoms with E-state index in [9.17, 15) is 9.50 Å². The molecule has 3 aliphatic heterocycles. The highest BCUT2D eigenvalue weighted by Gasteiger charge is 2.20. The molecule has 67 heavy (non-hydrogen) atoms. The molecular formula is C54H57FN10O2. The summed E-state index contributed by atoms with van der Waals surface area (Å²) < 4.78 is 24.9. The van der Waals surface area contributed by atoms with Crippen LogP contribution in [0.2, 0.25) is 0 Å². The SMILES string of the molecule is CN(C)c1ccc(-c2cn3ccc(N4CCC(F)CC4)cc3n2)cc1.Cc1ccc(-c2cn3ccc(N4CCOCC4)cc3n2)cc1.Oc1ccc(-c2cn3ccc(N4CCC4)cc3n2)cc1. The summed E-state index contributed by atoms with van der Waals surface area (Å²) in [6, 6.07) is 36.8. The first-order chi connectivity index (χ1) is 32.7. The lowest BCUT2D eigenvalue weighted by Gasteiger charge is -2.33. The third-order valence-corrected chi connectivity index (χ3v) is 12.9. The third kappa shape index (κ3) is 9.92. The van der Waals surface area contributed by atoms with E-state index in [0.29, 0.717) is 12.8 Å². The van der Waals surface area contributed by atoms with E-state index in [0.717, 1.165) is 109 Å². The van der Waals surface area contributed by atoms with Gasteiger partial charge in [0, 0.05) is 148 Å². The molecule has 0 aliphatic carbocycles. The van der Waals surface area contributed by atoms with Gasteiger partial charge in [0.1, 0.15) is 28.9 Å². The molecule has 0 spiro atoms. The lowest BCUT2D eigenvalue weighted by molar-refractivity contribution is 0.122. The maximum Gasteiger partial charge on any atom is 0.139 e. The zero-order valence-electron chi connectivity index (χ0n) is 38.4. The largest absolute Gasteiger partial charge is 0.508 e. The van der Waals surface area contributed by atoms with Gasteiger partial charge in [0.2, 0.25) is 0 Å². The van der Waals surface area contributed by atoms with Crippen molar-refractivity contribution in [1.29, 1.82) is 0 Å². The molecule has 3 aliphatic rings. The molecule has 9 aromatic rings. The Morgan fingerprint density at radius 1 is 0.537 bits per heavy atom. The molecule has 3 saturated heterocycles. The van der Waals surface area contributed by atoms with Gasteiger partial charge in [0.05, 0.1) is 30.3 Å². The minimum Gasteiger partial charge on any atom is -0.508 e. The van der Waals surface area contributed by atoms with Crippen LogP contribution in [0.15, 0.2) is 146 Å². The van der Waals surface area contributed by atoms with Gasteiger partial charge in [0.15, 0.2) is 0 Å². The molecule has 0 atom stereocenters. The highest BCUT2D eigenvalue weighted by atomic mass is 19.1. The van der Waals surface area contributed by atoms with Gasteiger partial charge in [-0.2, -0.15) is 0 Å². The number of benzene rings is 3.